The fourth-order valence-corrected chi connectivity index (χ4v) is 3.12. The highest BCUT2D eigenvalue weighted by molar-refractivity contribution is 6.27. The molecule has 3 rings (SSSR count). The first-order valence-electron chi connectivity index (χ1n) is 7.58. The van der Waals surface area contributed by atoms with E-state index < -0.39 is 0 Å². The molecule has 0 bridgehead atoms. The second-order valence-corrected chi connectivity index (χ2v) is 5.91. The molecule has 0 radical (unpaired) electrons. The lowest BCUT2D eigenvalue weighted by Crippen LogP contribution is -2.36. The van der Waals surface area contributed by atoms with Gasteiger partial charge in [0.2, 0.25) is 5.91 Å². The van der Waals surface area contributed by atoms with Crippen molar-refractivity contribution < 1.29 is 14.4 Å². The predicted molar refractivity (Wildman–Crippen MR) is 86.4 cm³/mol. The SMILES string of the molecule is O=C(CCl)N1CC=C(CCN2C(=O)c3ccccc3C2=O)CC1. The Kier molecular flexibility index (Phi) is 4.48. The van der Waals surface area contributed by atoms with Gasteiger partial charge in [-0.2, -0.15) is 0 Å². The number of alkyl halides is 1. The van der Waals surface area contributed by atoms with Gasteiger partial charge in [-0.3, -0.25) is 19.3 Å². The monoisotopic (exact) mass is 332 g/mol. The van der Waals surface area contributed by atoms with Crippen LogP contribution >= 0.6 is 11.6 Å². The predicted octanol–water partition coefficient (Wildman–Crippen LogP) is 2.07. The number of fused-ring (bicyclic) bond motifs is 1. The Labute approximate surface area is 139 Å². The zero-order chi connectivity index (χ0) is 16.4. The molecule has 2 heterocycles. The van der Waals surface area contributed by atoms with Crippen LogP contribution in [0.4, 0.5) is 0 Å². The molecular formula is C17H17ClN2O3. The smallest absolute Gasteiger partial charge is 0.261 e. The minimum Gasteiger partial charge on any atom is -0.338 e. The molecule has 120 valence electrons. The fourth-order valence-electron chi connectivity index (χ4n) is 2.95. The summed E-state index contributed by atoms with van der Waals surface area (Å²) in [6.07, 6.45) is 3.40. The highest BCUT2D eigenvalue weighted by Crippen LogP contribution is 2.24. The standard InChI is InChI=1S/C17H17ClN2O3/c18-11-15(21)19-8-5-12(6-9-19)7-10-20-16(22)13-3-1-2-4-14(13)17(20)23/h1-5H,6-11H2. The first-order valence-corrected chi connectivity index (χ1v) is 8.12. The van der Waals surface area contributed by atoms with Crippen LogP contribution in [0.2, 0.25) is 0 Å². The van der Waals surface area contributed by atoms with E-state index in [1.54, 1.807) is 29.2 Å². The van der Waals surface area contributed by atoms with Gasteiger partial charge in [-0.05, 0) is 25.0 Å². The van der Waals surface area contributed by atoms with Gasteiger partial charge >= 0.3 is 0 Å². The van der Waals surface area contributed by atoms with E-state index in [1.165, 1.54) is 10.5 Å². The number of hydrogen-bond acceptors (Lipinski definition) is 3. The average Bonchev–Trinajstić information content (AvgIpc) is 2.84. The van der Waals surface area contributed by atoms with E-state index >= 15 is 0 Å². The molecule has 5 nitrogen and oxygen atoms in total. The Bertz CT molecular complexity index is 664. The van der Waals surface area contributed by atoms with Crippen molar-refractivity contribution >= 4 is 29.3 Å². The normalized spacial score (nSPS) is 17.3. The largest absolute Gasteiger partial charge is 0.338 e. The van der Waals surface area contributed by atoms with Gasteiger partial charge in [0, 0.05) is 19.6 Å². The summed E-state index contributed by atoms with van der Waals surface area (Å²) >= 11 is 5.55. The van der Waals surface area contributed by atoms with Crippen LogP contribution in [0.1, 0.15) is 33.6 Å². The Morgan fingerprint density at radius 2 is 1.78 bits per heavy atom. The third-order valence-electron chi connectivity index (χ3n) is 4.30. The van der Waals surface area contributed by atoms with Crippen LogP contribution in [0.5, 0.6) is 0 Å². The minimum atomic E-state index is -0.221. The Balaban J connectivity index is 1.60. The van der Waals surface area contributed by atoms with Crippen LogP contribution < -0.4 is 0 Å². The molecule has 1 aromatic rings. The van der Waals surface area contributed by atoms with Crippen LogP contribution in [-0.2, 0) is 4.79 Å². The molecule has 6 heteroatoms. The summed E-state index contributed by atoms with van der Waals surface area (Å²) in [5.41, 5.74) is 2.13. The first kappa shape index (κ1) is 15.7. The van der Waals surface area contributed by atoms with E-state index in [4.69, 9.17) is 11.6 Å². The average molecular weight is 333 g/mol. The van der Waals surface area contributed by atoms with Crippen molar-refractivity contribution in [3.8, 4) is 0 Å². The Morgan fingerprint density at radius 1 is 1.13 bits per heavy atom. The van der Waals surface area contributed by atoms with E-state index in [2.05, 4.69) is 0 Å². The Morgan fingerprint density at radius 3 is 2.30 bits per heavy atom. The number of rotatable bonds is 4. The molecule has 0 N–H and O–H groups in total. The quantitative estimate of drug-likeness (QED) is 0.482. The molecule has 23 heavy (non-hydrogen) atoms. The van der Waals surface area contributed by atoms with Crippen LogP contribution in [0, 0.1) is 0 Å². The molecule has 0 aliphatic carbocycles. The van der Waals surface area contributed by atoms with E-state index in [0.717, 1.165) is 6.42 Å². The topological polar surface area (TPSA) is 57.7 Å². The lowest BCUT2D eigenvalue weighted by molar-refractivity contribution is -0.128. The maximum absolute atomic E-state index is 12.3. The maximum atomic E-state index is 12.3. The van der Waals surface area contributed by atoms with Crippen molar-refractivity contribution in [2.75, 3.05) is 25.5 Å². The second kappa shape index (κ2) is 6.54. The molecule has 0 unspecified atom stereocenters. The van der Waals surface area contributed by atoms with Crippen molar-refractivity contribution in [2.45, 2.75) is 12.8 Å². The lowest BCUT2D eigenvalue weighted by Gasteiger charge is -2.26. The van der Waals surface area contributed by atoms with Gasteiger partial charge in [0.05, 0.1) is 11.1 Å². The summed E-state index contributed by atoms with van der Waals surface area (Å²) in [6, 6.07) is 6.90. The molecule has 0 saturated heterocycles. The van der Waals surface area contributed by atoms with E-state index in [0.29, 0.717) is 37.2 Å². The van der Waals surface area contributed by atoms with Gasteiger partial charge < -0.3 is 4.90 Å². The van der Waals surface area contributed by atoms with Crippen molar-refractivity contribution in [3.63, 3.8) is 0 Å². The number of nitrogens with zero attached hydrogens (tertiary/aromatic N) is 2. The zero-order valence-electron chi connectivity index (χ0n) is 12.6. The highest BCUT2D eigenvalue weighted by atomic mass is 35.5. The summed E-state index contributed by atoms with van der Waals surface area (Å²) in [7, 11) is 0. The second-order valence-electron chi connectivity index (χ2n) is 5.64. The van der Waals surface area contributed by atoms with Gasteiger partial charge in [-0.15, -0.1) is 11.6 Å². The third kappa shape index (κ3) is 3.01. The van der Waals surface area contributed by atoms with E-state index in [9.17, 15) is 14.4 Å². The summed E-state index contributed by atoms with van der Waals surface area (Å²) in [5.74, 6) is -0.512. The maximum Gasteiger partial charge on any atom is 0.261 e. The fraction of sp³-hybridized carbons (Fsp3) is 0.353. The van der Waals surface area contributed by atoms with Gasteiger partial charge in [-0.25, -0.2) is 0 Å². The van der Waals surface area contributed by atoms with Gasteiger partial charge in [-0.1, -0.05) is 23.8 Å². The van der Waals surface area contributed by atoms with Crippen LogP contribution in [0.25, 0.3) is 0 Å². The zero-order valence-corrected chi connectivity index (χ0v) is 13.4. The summed E-state index contributed by atoms with van der Waals surface area (Å²) in [6.45, 7) is 1.56. The van der Waals surface area contributed by atoms with Crippen molar-refractivity contribution in [1.29, 1.82) is 0 Å². The summed E-state index contributed by atoms with van der Waals surface area (Å²) in [5, 5.41) is 0. The number of hydrogen-bond donors (Lipinski definition) is 0. The van der Waals surface area contributed by atoms with Gasteiger partial charge in [0.25, 0.3) is 11.8 Å². The van der Waals surface area contributed by atoms with Crippen molar-refractivity contribution in [1.82, 2.24) is 9.80 Å². The van der Waals surface area contributed by atoms with Crippen LogP contribution in [0.15, 0.2) is 35.9 Å². The van der Waals surface area contributed by atoms with Crippen molar-refractivity contribution in [2.24, 2.45) is 0 Å². The molecule has 3 amide bonds. The molecule has 0 atom stereocenters. The number of benzene rings is 1. The molecule has 0 spiro atoms. The third-order valence-corrected chi connectivity index (χ3v) is 4.53. The van der Waals surface area contributed by atoms with E-state index in [1.807, 2.05) is 6.08 Å². The summed E-state index contributed by atoms with van der Waals surface area (Å²) < 4.78 is 0. The highest BCUT2D eigenvalue weighted by Gasteiger charge is 2.34. The first-order chi connectivity index (χ1) is 11.1. The van der Waals surface area contributed by atoms with Crippen LogP contribution in [-0.4, -0.2) is 53.0 Å². The lowest BCUT2D eigenvalue weighted by atomic mass is 10.0. The molecular weight excluding hydrogens is 316 g/mol. The van der Waals surface area contributed by atoms with Gasteiger partial charge in [0.1, 0.15) is 5.88 Å². The molecule has 0 fully saturated rings. The minimum absolute atomic E-state index is 0.00177. The number of amides is 3. The van der Waals surface area contributed by atoms with Crippen LogP contribution in [0.3, 0.4) is 0 Å². The number of carbonyl (C=O) groups is 3. The number of imide groups is 1. The number of halogens is 1. The molecule has 0 aromatic heterocycles. The molecule has 0 saturated carbocycles. The van der Waals surface area contributed by atoms with Gasteiger partial charge in [0.15, 0.2) is 0 Å². The Hall–Kier alpha value is -2.14. The molecule has 2 aliphatic heterocycles. The molecule has 2 aliphatic rings. The van der Waals surface area contributed by atoms with E-state index in [-0.39, 0.29) is 23.6 Å². The molecule has 1 aromatic carbocycles. The van der Waals surface area contributed by atoms with Crippen molar-refractivity contribution in [3.05, 3.63) is 47.0 Å². The summed E-state index contributed by atoms with van der Waals surface area (Å²) in [4.78, 5) is 39.1. The number of carbonyl (C=O) groups excluding carboxylic acids is 3.